The van der Waals surface area contributed by atoms with Gasteiger partial charge in [-0.1, -0.05) is 22.6 Å². The minimum atomic E-state index is 0.287. The van der Waals surface area contributed by atoms with Crippen LogP contribution in [0.3, 0.4) is 0 Å². The Morgan fingerprint density at radius 2 is 1.96 bits per heavy atom. The van der Waals surface area contributed by atoms with Gasteiger partial charge in [0, 0.05) is 28.4 Å². The summed E-state index contributed by atoms with van der Waals surface area (Å²) < 4.78 is 13.2. The largest absolute Gasteiger partial charge is 0.474 e. The fourth-order valence-electron chi connectivity index (χ4n) is 4.91. The highest BCUT2D eigenvalue weighted by molar-refractivity contribution is 14.1. The van der Waals surface area contributed by atoms with Crippen molar-refractivity contribution in [1.29, 1.82) is 0 Å². The van der Waals surface area contributed by atoms with Gasteiger partial charge in [0.25, 0.3) is 0 Å². The van der Waals surface area contributed by atoms with Gasteiger partial charge in [0.05, 0.1) is 18.6 Å². The Labute approximate surface area is 178 Å². The van der Waals surface area contributed by atoms with Gasteiger partial charge >= 0.3 is 0 Å². The van der Waals surface area contributed by atoms with Crippen molar-refractivity contribution in [3.8, 4) is 5.88 Å². The molecule has 1 saturated heterocycles. The van der Waals surface area contributed by atoms with E-state index in [-0.39, 0.29) is 6.10 Å². The van der Waals surface area contributed by atoms with Gasteiger partial charge in [-0.2, -0.15) is 0 Å². The summed E-state index contributed by atoms with van der Waals surface area (Å²) in [7, 11) is 0. The first kappa shape index (κ1) is 18.5. The molecule has 0 N–H and O–H groups in total. The molecule has 27 heavy (non-hydrogen) atoms. The van der Waals surface area contributed by atoms with Gasteiger partial charge in [0.1, 0.15) is 17.3 Å². The van der Waals surface area contributed by atoms with E-state index in [0.29, 0.717) is 12.0 Å². The number of rotatable bonds is 4. The number of aryl methyl sites for hydroxylation is 1. The predicted octanol–water partition coefficient (Wildman–Crippen LogP) is 4.18. The molecule has 0 unspecified atom stereocenters. The molecule has 2 aromatic heterocycles. The zero-order chi connectivity index (χ0) is 18.2. The summed E-state index contributed by atoms with van der Waals surface area (Å²) in [5, 5.41) is 1.21. The maximum absolute atomic E-state index is 6.49. The van der Waals surface area contributed by atoms with E-state index in [1.165, 1.54) is 41.5 Å². The Hall–Kier alpha value is -0.510. The molecule has 0 amide bonds. The van der Waals surface area contributed by atoms with E-state index in [1.807, 2.05) is 11.3 Å². The van der Waals surface area contributed by atoms with E-state index in [4.69, 9.17) is 9.47 Å². The molecule has 2 aromatic rings. The number of aromatic nitrogens is 2. The van der Waals surface area contributed by atoms with Crippen molar-refractivity contribution in [2.75, 3.05) is 30.7 Å². The third-order valence-electron chi connectivity index (χ3n) is 6.37. The normalized spacial score (nSPS) is 29.1. The Kier molecular flexibility index (Phi) is 5.54. The lowest BCUT2D eigenvalue weighted by Crippen LogP contribution is -2.46. The van der Waals surface area contributed by atoms with Crippen LogP contribution in [0.4, 0.5) is 0 Å². The van der Waals surface area contributed by atoms with Gasteiger partial charge in [0.2, 0.25) is 5.88 Å². The third-order valence-corrected chi connectivity index (χ3v) is 8.60. The van der Waals surface area contributed by atoms with E-state index in [2.05, 4.69) is 37.5 Å². The second-order valence-electron chi connectivity index (χ2n) is 7.88. The molecule has 1 aliphatic heterocycles. The highest BCUT2D eigenvalue weighted by Gasteiger charge is 2.31. The summed E-state index contributed by atoms with van der Waals surface area (Å²) in [6, 6.07) is 0.702. The fourth-order valence-corrected chi connectivity index (χ4v) is 7.02. The van der Waals surface area contributed by atoms with Gasteiger partial charge in [-0.15, -0.1) is 11.3 Å². The summed E-state index contributed by atoms with van der Waals surface area (Å²) in [5.41, 5.74) is 1.49. The molecule has 5 nitrogen and oxygen atoms in total. The molecule has 7 heteroatoms. The van der Waals surface area contributed by atoms with Gasteiger partial charge < -0.3 is 9.47 Å². The first-order valence-corrected chi connectivity index (χ1v) is 12.5. The molecule has 0 spiro atoms. The highest BCUT2D eigenvalue weighted by Crippen LogP contribution is 2.46. The molecular formula is C20H26IN3O2S. The maximum atomic E-state index is 6.49. The summed E-state index contributed by atoms with van der Waals surface area (Å²) >= 11 is 4.36. The van der Waals surface area contributed by atoms with Gasteiger partial charge in [-0.25, -0.2) is 9.97 Å². The van der Waals surface area contributed by atoms with Crippen molar-refractivity contribution in [1.82, 2.24) is 14.9 Å². The lowest BCUT2D eigenvalue weighted by atomic mass is 9.91. The minimum Gasteiger partial charge on any atom is -0.474 e. The summed E-state index contributed by atoms with van der Waals surface area (Å²) in [6.07, 6.45) is 9.10. The average molecular weight is 499 g/mol. The van der Waals surface area contributed by atoms with Crippen LogP contribution in [0.5, 0.6) is 5.88 Å². The number of hydrogen-bond acceptors (Lipinski definition) is 6. The van der Waals surface area contributed by atoms with Gasteiger partial charge in [-0.3, -0.25) is 4.90 Å². The zero-order valence-electron chi connectivity index (χ0n) is 15.5. The molecule has 0 aromatic carbocycles. The van der Waals surface area contributed by atoms with Crippen molar-refractivity contribution in [3.63, 3.8) is 0 Å². The molecule has 0 radical (unpaired) electrons. The topological polar surface area (TPSA) is 47.5 Å². The van der Waals surface area contributed by atoms with Crippen LogP contribution in [-0.2, 0) is 11.2 Å². The average Bonchev–Trinajstić information content (AvgIpc) is 3.28. The van der Waals surface area contributed by atoms with Gasteiger partial charge in [0.15, 0.2) is 0 Å². The molecule has 146 valence electrons. The van der Waals surface area contributed by atoms with Crippen LogP contribution in [0, 0.1) is 0 Å². The number of alkyl halides is 1. The second-order valence-corrected chi connectivity index (χ2v) is 9.85. The number of hydrogen-bond donors (Lipinski definition) is 0. The van der Waals surface area contributed by atoms with E-state index >= 15 is 0 Å². The highest BCUT2D eigenvalue weighted by atomic mass is 127. The molecule has 2 aliphatic carbocycles. The van der Waals surface area contributed by atoms with Crippen LogP contribution in [0.2, 0.25) is 0 Å². The minimum absolute atomic E-state index is 0.287. The molecule has 3 aliphatic rings. The number of thiophene rings is 1. The molecule has 1 atom stereocenters. The Morgan fingerprint density at radius 3 is 2.74 bits per heavy atom. The number of ether oxygens (including phenoxy) is 2. The Morgan fingerprint density at radius 1 is 1.15 bits per heavy atom. The fraction of sp³-hybridized carbons (Fsp3) is 0.700. The number of fused-ring (bicyclic) bond motifs is 3. The Bertz CT molecular complexity index is 800. The van der Waals surface area contributed by atoms with Crippen molar-refractivity contribution >= 4 is 44.1 Å². The van der Waals surface area contributed by atoms with Crippen molar-refractivity contribution in [2.24, 2.45) is 0 Å². The van der Waals surface area contributed by atoms with Gasteiger partial charge in [-0.05, 0) is 50.0 Å². The number of nitrogens with zero attached hydrogens (tertiary/aromatic N) is 3. The summed E-state index contributed by atoms with van der Waals surface area (Å²) in [5.74, 6) is 1.48. The molecular weight excluding hydrogens is 473 g/mol. The quantitative estimate of drug-likeness (QED) is 0.467. The monoisotopic (exact) mass is 499 g/mol. The lowest BCUT2D eigenvalue weighted by Gasteiger charge is -2.38. The molecule has 0 bridgehead atoms. The van der Waals surface area contributed by atoms with Crippen molar-refractivity contribution in [3.05, 3.63) is 16.8 Å². The van der Waals surface area contributed by atoms with Crippen molar-refractivity contribution < 1.29 is 9.47 Å². The smallest absolute Gasteiger partial charge is 0.225 e. The van der Waals surface area contributed by atoms with Crippen LogP contribution < -0.4 is 4.74 Å². The summed E-state index contributed by atoms with van der Waals surface area (Å²) in [4.78, 5) is 14.3. The molecule has 2 fully saturated rings. The van der Waals surface area contributed by atoms with Crippen LogP contribution in [0.25, 0.3) is 10.2 Å². The number of morpholine rings is 1. The van der Waals surface area contributed by atoms with Crippen LogP contribution >= 0.6 is 33.9 Å². The first-order valence-electron chi connectivity index (χ1n) is 10.1. The van der Waals surface area contributed by atoms with E-state index < -0.39 is 0 Å². The summed E-state index contributed by atoms with van der Waals surface area (Å²) in [6.45, 7) is 3.94. The standard InChI is InChI=1S/C20H26IN3O2S/c21-11-13-1-6-16-17(13)18-19(22-12-23-20(18)27-16)26-15-4-2-14(3-5-15)24-7-9-25-10-8-24/h12-15H,1-11H2/t13-,14-,15-/m1/s1. The SMILES string of the molecule is IC[C@H]1CCc2sc3ncnc(O[C@H]4CC[C@H](N5CCOCC5)CC4)c3c21. The second kappa shape index (κ2) is 8.08. The van der Waals surface area contributed by atoms with Crippen LogP contribution in [0.15, 0.2) is 6.33 Å². The van der Waals surface area contributed by atoms with E-state index in [9.17, 15) is 0 Å². The number of halogens is 1. The molecule has 1 saturated carbocycles. The Balaban J connectivity index is 1.31. The maximum Gasteiger partial charge on any atom is 0.225 e. The first-order chi connectivity index (χ1) is 13.3. The van der Waals surface area contributed by atoms with Crippen LogP contribution in [0.1, 0.15) is 48.5 Å². The predicted molar refractivity (Wildman–Crippen MR) is 116 cm³/mol. The third kappa shape index (κ3) is 3.60. The van der Waals surface area contributed by atoms with Crippen molar-refractivity contribution in [2.45, 2.75) is 56.6 Å². The van der Waals surface area contributed by atoms with E-state index in [0.717, 1.165) is 54.3 Å². The lowest BCUT2D eigenvalue weighted by molar-refractivity contribution is -0.00126. The van der Waals surface area contributed by atoms with Crippen LogP contribution in [-0.4, -0.2) is 57.7 Å². The van der Waals surface area contributed by atoms with E-state index in [1.54, 1.807) is 6.33 Å². The molecule has 3 heterocycles. The molecule has 5 rings (SSSR count). The zero-order valence-corrected chi connectivity index (χ0v) is 18.5.